The Morgan fingerprint density at radius 1 is 1.73 bits per heavy atom. The Morgan fingerprint density at radius 3 is 3.00 bits per heavy atom. The van der Waals surface area contributed by atoms with Gasteiger partial charge in [-0.25, -0.2) is 10.2 Å². The molecule has 0 aliphatic heterocycles. The van der Waals surface area contributed by atoms with Crippen LogP contribution in [-0.4, -0.2) is 19.4 Å². The predicted octanol–water partition coefficient (Wildman–Crippen LogP) is 1.52. The summed E-state index contributed by atoms with van der Waals surface area (Å²) < 4.78 is 4.29. The zero-order valence-corrected chi connectivity index (χ0v) is 6.96. The first-order valence-electron chi connectivity index (χ1n) is 3.66. The maximum Gasteiger partial charge on any atom is 0.427 e. The van der Waals surface area contributed by atoms with E-state index in [0.717, 1.165) is 19.3 Å². The fraction of sp³-hybridized carbons (Fsp3) is 0.714. The standard InChI is InChI=1S/C7H14N2O2/c1-3-4-5-6-8-9-7(10)11-2/h6H,3-5H2,1-2H3,(H,9,10)/b8-6-. The van der Waals surface area contributed by atoms with Crippen LogP contribution in [0.4, 0.5) is 4.79 Å². The van der Waals surface area contributed by atoms with Crippen molar-refractivity contribution in [3.8, 4) is 0 Å². The van der Waals surface area contributed by atoms with Crippen LogP contribution in [0.1, 0.15) is 26.2 Å². The predicted molar refractivity (Wildman–Crippen MR) is 43.6 cm³/mol. The van der Waals surface area contributed by atoms with Gasteiger partial charge in [-0.05, 0) is 12.8 Å². The summed E-state index contributed by atoms with van der Waals surface area (Å²) >= 11 is 0. The van der Waals surface area contributed by atoms with Crippen LogP contribution >= 0.6 is 0 Å². The van der Waals surface area contributed by atoms with E-state index in [-0.39, 0.29) is 0 Å². The van der Waals surface area contributed by atoms with Crippen molar-refractivity contribution < 1.29 is 9.53 Å². The molecule has 0 rings (SSSR count). The first kappa shape index (κ1) is 9.94. The molecular formula is C7H14N2O2. The highest BCUT2D eigenvalue weighted by Crippen LogP contribution is 1.88. The summed E-state index contributed by atoms with van der Waals surface area (Å²) in [5.41, 5.74) is 2.20. The Morgan fingerprint density at radius 2 is 2.45 bits per heavy atom. The van der Waals surface area contributed by atoms with Crippen molar-refractivity contribution in [1.82, 2.24) is 5.43 Å². The quantitative estimate of drug-likeness (QED) is 0.383. The van der Waals surface area contributed by atoms with E-state index in [1.807, 2.05) is 0 Å². The summed E-state index contributed by atoms with van der Waals surface area (Å²) in [6.45, 7) is 2.10. The molecular weight excluding hydrogens is 144 g/mol. The van der Waals surface area contributed by atoms with Crippen LogP contribution < -0.4 is 5.43 Å². The molecule has 0 aromatic heterocycles. The van der Waals surface area contributed by atoms with Crippen LogP contribution in [0, 0.1) is 0 Å². The largest absolute Gasteiger partial charge is 0.452 e. The fourth-order valence-electron chi connectivity index (χ4n) is 0.504. The van der Waals surface area contributed by atoms with Gasteiger partial charge in [0.2, 0.25) is 0 Å². The molecule has 0 unspecified atom stereocenters. The van der Waals surface area contributed by atoms with Gasteiger partial charge in [0.25, 0.3) is 0 Å². The van der Waals surface area contributed by atoms with Crippen molar-refractivity contribution in [2.24, 2.45) is 5.10 Å². The number of hydrazone groups is 1. The Balaban J connectivity index is 3.22. The van der Waals surface area contributed by atoms with E-state index in [0.29, 0.717) is 0 Å². The van der Waals surface area contributed by atoms with Crippen molar-refractivity contribution in [1.29, 1.82) is 0 Å². The number of hydrogen-bond donors (Lipinski definition) is 1. The molecule has 1 amide bonds. The lowest BCUT2D eigenvalue weighted by Crippen LogP contribution is -2.16. The van der Waals surface area contributed by atoms with Gasteiger partial charge < -0.3 is 4.74 Å². The van der Waals surface area contributed by atoms with E-state index in [9.17, 15) is 4.79 Å². The van der Waals surface area contributed by atoms with E-state index < -0.39 is 6.09 Å². The van der Waals surface area contributed by atoms with Crippen molar-refractivity contribution in [2.75, 3.05) is 7.11 Å². The molecule has 0 radical (unpaired) electrons. The van der Waals surface area contributed by atoms with E-state index in [4.69, 9.17) is 0 Å². The minimum atomic E-state index is -0.530. The summed E-state index contributed by atoms with van der Waals surface area (Å²) in [5.74, 6) is 0. The van der Waals surface area contributed by atoms with Gasteiger partial charge in [-0.1, -0.05) is 13.3 Å². The minimum absolute atomic E-state index is 0.530. The molecule has 64 valence electrons. The third-order valence-corrected chi connectivity index (χ3v) is 1.12. The van der Waals surface area contributed by atoms with Crippen LogP contribution in [0.15, 0.2) is 5.10 Å². The monoisotopic (exact) mass is 158 g/mol. The number of ether oxygens (including phenoxy) is 1. The lowest BCUT2D eigenvalue weighted by Gasteiger charge is -1.94. The summed E-state index contributed by atoms with van der Waals surface area (Å²) in [6.07, 6.45) is 4.25. The Bertz CT molecular complexity index is 134. The molecule has 0 aliphatic carbocycles. The SMILES string of the molecule is CCCC/C=N\NC(=O)OC. The highest BCUT2D eigenvalue weighted by atomic mass is 16.5. The molecule has 0 saturated heterocycles. The van der Waals surface area contributed by atoms with Crippen molar-refractivity contribution in [2.45, 2.75) is 26.2 Å². The maximum atomic E-state index is 10.4. The molecule has 1 N–H and O–H groups in total. The molecule has 11 heavy (non-hydrogen) atoms. The second kappa shape index (κ2) is 7.05. The second-order valence-electron chi connectivity index (χ2n) is 2.06. The normalized spacial score (nSPS) is 10.0. The average molecular weight is 158 g/mol. The zero-order valence-electron chi connectivity index (χ0n) is 6.96. The number of carbonyl (C=O) groups excluding carboxylic acids is 1. The van der Waals surface area contributed by atoms with Crippen molar-refractivity contribution >= 4 is 12.3 Å². The van der Waals surface area contributed by atoms with Crippen molar-refractivity contribution in [3.05, 3.63) is 0 Å². The number of methoxy groups -OCH3 is 1. The number of rotatable bonds is 4. The molecule has 4 nitrogen and oxygen atoms in total. The van der Waals surface area contributed by atoms with Crippen LogP contribution in [0.3, 0.4) is 0 Å². The third kappa shape index (κ3) is 6.83. The van der Waals surface area contributed by atoms with Gasteiger partial charge in [-0.3, -0.25) is 0 Å². The molecule has 0 aromatic carbocycles. The highest BCUT2D eigenvalue weighted by Gasteiger charge is 1.90. The van der Waals surface area contributed by atoms with Gasteiger partial charge in [0.15, 0.2) is 0 Å². The number of amides is 1. The lowest BCUT2D eigenvalue weighted by molar-refractivity contribution is 0.171. The fourth-order valence-corrected chi connectivity index (χ4v) is 0.504. The van der Waals surface area contributed by atoms with Gasteiger partial charge >= 0.3 is 6.09 Å². The lowest BCUT2D eigenvalue weighted by atomic mass is 10.3. The zero-order chi connectivity index (χ0) is 8.53. The number of carbonyl (C=O) groups is 1. The van der Waals surface area contributed by atoms with Crippen LogP contribution in [-0.2, 0) is 4.74 Å². The van der Waals surface area contributed by atoms with E-state index in [2.05, 4.69) is 22.2 Å². The van der Waals surface area contributed by atoms with Crippen molar-refractivity contribution in [3.63, 3.8) is 0 Å². The molecule has 4 heteroatoms. The summed E-state index contributed by atoms with van der Waals surface area (Å²) in [5, 5.41) is 3.63. The first-order valence-corrected chi connectivity index (χ1v) is 3.66. The topological polar surface area (TPSA) is 50.7 Å². The Labute approximate surface area is 66.6 Å². The number of hydrogen-bond acceptors (Lipinski definition) is 3. The second-order valence-corrected chi connectivity index (χ2v) is 2.06. The summed E-state index contributed by atoms with van der Waals surface area (Å²) in [6, 6.07) is 0. The van der Waals surface area contributed by atoms with Crippen LogP contribution in [0.5, 0.6) is 0 Å². The minimum Gasteiger partial charge on any atom is -0.452 e. The molecule has 0 fully saturated rings. The third-order valence-electron chi connectivity index (χ3n) is 1.12. The summed E-state index contributed by atoms with van der Waals surface area (Å²) in [7, 11) is 1.30. The number of unbranched alkanes of at least 4 members (excludes halogenated alkanes) is 2. The van der Waals surface area contributed by atoms with Gasteiger partial charge in [0.05, 0.1) is 7.11 Å². The smallest absolute Gasteiger partial charge is 0.427 e. The Kier molecular flexibility index (Phi) is 6.37. The van der Waals surface area contributed by atoms with Gasteiger partial charge in [0.1, 0.15) is 0 Å². The van der Waals surface area contributed by atoms with Gasteiger partial charge in [-0.15, -0.1) is 0 Å². The molecule has 0 aromatic rings. The first-order chi connectivity index (χ1) is 5.31. The maximum absolute atomic E-state index is 10.4. The Hall–Kier alpha value is -1.06. The summed E-state index contributed by atoms with van der Waals surface area (Å²) in [4.78, 5) is 10.4. The van der Waals surface area contributed by atoms with Gasteiger partial charge in [0, 0.05) is 6.21 Å². The molecule has 0 heterocycles. The number of nitrogens with zero attached hydrogens (tertiary/aromatic N) is 1. The number of nitrogens with one attached hydrogen (secondary N) is 1. The molecule has 0 atom stereocenters. The highest BCUT2D eigenvalue weighted by molar-refractivity contribution is 5.68. The van der Waals surface area contributed by atoms with Crippen LogP contribution in [0.25, 0.3) is 0 Å². The molecule has 0 bridgehead atoms. The van der Waals surface area contributed by atoms with E-state index in [1.165, 1.54) is 7.11 Å². The molecule has 0 saturated carbocycles. The molecule has 0 spiro atoms. The van der Waals surface area contributed by atoms with Crippen LogP contribution in [0.2, 0.25) is 0 Å². The average Bonchev–Trinajstić information content (AvgIpc) is 2.04. The van der Waals surface area contributed by atoms with Gasteiger partial charge in [-0.2, -0.15) is 5.10 Å². The molecule has 0 aliphatic rings. The van der Waals surface area contributed by atoms with E-state index in [1.54, 1.807) is 6.21 Å². The van der Waals surface area contributed by atoms with E-state index >= 15 is 0 Å².